The summed E-state index contributed by atoms with van der Waals surface area (Å²) in [5, 5.41) is 4.90. The highest BCUT2D eigenvalue weighted by molar-refractivity contribution is 6.35. The topological polar surface area (TPSA) is 53.6 Å². The van der Waals surface area contributed by atoms with Crippen molar-refractivity contribution < 1.29 is 0 Å². The number of fused-ring (bicyclic) bond motifs is 1. The molecule has 2 heterocycles. The van der Waals surface area contributed by atoms with Crippen molar-refractivity contribution in [3.8, 4) is 0 Å². The lowest BCUT2D eigenvalue weighted by Crippen LogP contribution is -2.04. The Kier molecular flexibility index (Phi) is 4.71. The number of nitrogens with one attached hydrogen (secondary N) is 2. The maximum absolute atomic E-state index is 5.95. The molecule has 0 amide bonds. The van der Waals surface area contributed by atoms with Crippen molar-refractivity contribution in [2.75, 3.05) is 11.9 Å². The Hall–Kier alpha value is -1.49. The van der Waals surface area contributed by atoms with E-state index in [1.165, 1.54) is 0 Å². The number of rotatable bonds is 5. The van der Waals surface area contributed by atoms with E-state index in [4.69, 9.17) is 34.8 Å². The molecule has 0 aliphatic carbocycles. The van der Waals surface area contributed by atoms with Gasteiger partial charge in [-0.05, 0) is 36.8 Å². The average Bonchev–Trinajstić information content (AvgIpc) is 2.84. The zero-order chi connectivity index (χ0) is 15.5. The van der Waals surface area contributed by atoms with E-state index < -0.39 is 0 Å². The predicted molar refractivity (Wildman–Crippen MR) is 91.9 cm³/mol. The lowest BCUT2D eigenvalue weighted by atomic mass is 10.2. The zero-order valence-electron chi connectivity index (χ0n) is 11.4. The predicted octanol–water partition coefficient (Wildman–Crippen LogP) is 4.78. The largest absolute Gasteiger partial charge is 0.385 e. The number of hydrogen-bond donors (Lipinski definition) is 2. The smallest absolute Gasteiger partial charge is 0.159 e. The highest BCUT2D eigenvalue weighted by Gasteiger charge is 2.04. The van der Waals surface area contributed by atoms with Crippen LogP contribution in [0.25, 0.3) is 11.2 Å². The van der Waals surface area contributed by atoms with Gasteiger partial charge in [0, 0.05) is 28.7 Å². The Labute approximate surface area is 142 Å². The molecular formula is C15H12Cl3N4. The van der Waals surface area contributed by atoms with Crippen LogP contribution < -0.4 is 5.32 Å². The number of aromatic amines is 1. The summed E-state index contributed by atoms with van der Waals surface area (Å²) in [7, 11) is 0. The minimum Gasteiger partial charge on any atom is -0.385 e. The summed E-state index contributed by atoms with van der Waals surface area (Å²) >= 11 is 17.7. The summed E-state index contributed by atoms with van der Waals surface area (Å²) in [5.74, 6) is 0.843. The summed E-state index contributed by atoms with van der Waals surface area (Å²) in [6.07, 6.45) is 2.75. The van der Waals surface area contributed by atoms with Crippen LogP contribution in [0.3, 0.4) is 0 Å². The molecule has 0 fully saturated rings. The van der Waals surface area contributed by atoms with Crippen molar-refractivity contribution in [1.82, 2.24) is 15.0 Å². The van der Waals surface area contributed by atoms with Crippen molar-refractivity contribution in [3.63, 3.8) is 0 Å². The van der Waals surface area contributed by atoms with Crippen molar-refractivity contribution in [2.45, 2.75) is 6.42 Å². The highest BCUT2D eigenvalue weighted by atomic mass is 35.5. The Morgan fingerprint density at radius 1 is 1.05 bits per heavy atom. The van der Waals surface area contributed by atoms with E-state index in [1.54, 1.807) is 12.1 Å². The van der Waals surface area contributed by atoms with Crippen LogP contribution in [-0.4, -0.2) is 21.5 Å². The summed E-state index contributed by atoms with van der Waals surface area (Å²) in [6, 6.07) is 8.92. The summed E-state index contributed by atoms with van der Waals surface area (Å²) in [6.45, 7) is 0.669. The molecule has 1 aromatic carbocycles. The number of H-pyrrole nitrogens is 1. The van der Waals surface area contributed by atoms with Gasteiger partial charge in [0.25, 0.3) is 0 Å². The third-order valence-corrected chi connectivity index (χ3v) is 3.66. The van der Waals surface area contributed by atoms with Crippen LogP contribution in [-0.2, 0) is 6.42 Å². The fraction of sp³-hybridized carbons (Fsp3) is 0.133. The number of benzene rings is 1. The van der Waals surface area contributed by atoms with Crippen LogP contribution >= 0.6 is 34.8 Å². The molecule has 3 aromatic rings. The first-order valence-electron chi connectivity index (χ1n) is 6.63. The Bertz CT molecular complexity index is 780. The third-order valence-electron chi connectivity index (χ3n) is 3.01. The van der Waals surface area contributed by atoms with Crippen molar-refractivity contribution in [3.05, 3.63) is 57.8 Å². The Morgan fingerprint density at radius 3 is 2.59 bits per heavy atom. The first kappa shape index (κ1) is 15.4. The van der Waals surface area contributed by atoms with Gasteiger partial charge in [-0.3, -0.25) is 0 Å². The van der Waals surface area contributed by atoms with Gasteiger partial charge in [-0.2, -0.15) is 0 Å². The SMILES string of the molecule is Clc1cc(Cl)cc(NC[CH]Cc2nc3ccc(Cl)nc3[nH]2)c1. The van der Waals surface area contributed by atoms with Crippen LogP contribution in [0, 0.1) is 6.42 Å². The molecule has 0 aliphatic rings. The third kappa shape index (κ3) is 3.83. The minimum absolute atomic E-state index is 0.450. The molecule has 2 aromatic heterocycles. The Balaban J connectivity index is 1.55. The summed E-state index contributed by atoms with van der Waals surface area (Å²) in [5.41, 5.74) is 2.39. The standard InChI is InChI=1S/C15H12Cl3N4/c16-9-6-10(17)8-11(7-9)19-5-1-2-14-20-12-3-4-13(18)21-15(12)22-14/h1,3-4,6-8,19H,2,5H2,(H,20,21,22). The van der Waals surface area contributed by atoms with Gasteiger partial charge in [-0.15, -0.1) is 0 Å². The second kappa shape index (κ2) is 6.73. The van der Waals surface area contributed by atoms with Gasteiger partial charge in [0.2, 0.25) is 0 Å². The lowest BCUT2D eigenvalue weighted by molar-refractivity contribution is 0.978. The number of pyridine rings is 1. The number of halogens is 3. The van der Waals surface area contributed by atoms with Gasteiger partial charge < -0.3 is 10.3 Å². The molecule has 7 heteroatoms. The number of aromatic nitrogens is 3. The second-order valence-corrected chi connectivity index (χ2v) is 5.98. The lowest BCUT2D eigenvalue weighted by Gasteiger charge is -2.06. The molecule has 0 saturated carbocycles. The van der Waals surface area contributed by atoms with Crippen LogP contribution in [0.5, 0.6) is 0 Å². The van der Waals surface area contributed by atoms with Crippen LogP contribution in [0.4, 0.5) is 5.69 Å². The first-order valence-corrected chi connectivity index (χ1v) is 7.76. The van der Waals surface area contributed by atoms with Gasteiger partial charge in [0.05, 0.1) is 0 Å². The molecule has 0 unspecified atom stereocenters. The maximum atomic E-state index is 5.95. The molecule has 0 saturated heterocycles. The van der Waals surface area contributed by atoms with Crippen LogP contribution in [0.15, 0.2) is 30.3 Å². The van der Waals surface area contributed by atoms with Gasteiger partial charge >= 0.3 is 0 Å². The van der Waals surface area contributed by atoms with E-state index in [0.29, 0.717) is 33.8 Å². The number of imidazole rings is 1. The monoisotopic (exact) mass is 353 g/mol. The molecule has 1 radical (unpaired) electrons. The number of hydrogen-bond acceptors (Lipinski definition) is 3. The second-order valence-electron chi connectivity index (χ2n) is 4.72. The van der Waals surface area contributed by atoms with Crippen LogP contribution in [0.1, 0.15) is 5.82 Å². The summed E-state index contributed by atoms with van der Waals surface area (Å²) < 4.78 is 0. The molecule has 2 N–H and O–H groups in total. The molecule has 0 spiro atoms. The molecule has 0 bridgehead atoms. The molecule has 3 rings (SSSR count). The maximum Gasteiger partial charge on any atom is 0.159 e. The highest BCUT2D eigenvalue weighted by Crippen LogP contribution is 2.22. The van der Waals surface area contributed by atoms with Gasteiger partial charge in [-0.1, -0.05) is 34.8 Å². The van der Waals surface area contributed by atoms with Crippen molar-refractivity contribution in [1.29, 1.82) is 0 Å². The number of nitrogens with zero attached hydrogens (tertiary/aromatic N) is 2. The fourth-order valence-electron chi connectivity index (χ4n) is 2.07. The molecular weight excluding hydrogens is 343 g/mol. The molecule has 0 atom stereocenters. The zero-order valence-corrected chi connectivity index (χ0v) is 13.7. The Morgan fingerprint density at radius 2 is 1.82 bits per heavy atom. The van der Waals surface area contributed by atoms with Crippen molar-refractivity contribution in [2.24, 2.45) is 0 Å². The normalized spacial score (nSPS) is 11.0. The van der Waals surface area contributed by atoms with E-state index >= 15 is 0 Å². The number of anilines is 1. The quantitative estimate of drug-likeness (QED) is 0.512. The average molecular weight is 355 g/mol. The summed E-state index contributed by atoms with van der Waals surface area (Å²) in [4.78, 5) is 11.8. The van der Waals surface area contributed by atoms with Crippen LogP contribution in [0.2, 0.25) is 15.2 Å². The van der Waals surface area contributed by atoms with E-state index in [9.17, 15) is 0 Å². The van der Waals surface area contributed by atoms with Crippen molar-refractivity contribution >= 4 is 51.7 Å². The molecule has 22 heavy (non-hydrogen) atoms. The van der Waals surface area contributed by atoms with Gasteiger partial charge in [0.15, 0.2) is 5.65 Å². The van der Waals surface area contributed by atoms with E-state index in [2.05, 4.69) is 26.7 Å². The molecule has 4 nitrogen and oxygen atoms in total. The minimum atomic E-state index is 0.450. The first-order chi connectivity index (χ1) is 10.6. The molecule has 0 aliphatic heterocycles. The fourth-order valence-corrected chi connectivity index (χ4v) is 2.75. The van der Waals surface area contributed by atoms with E-state index in [1.807, 2.05) is 18.2 Å². The van der Waals surface area contributed by atoms with E-state index in [0.717, 1.165) is 17.0 Å². The van der Waals surface area contributed by atoms with Gasteiger partial charge in [-0.25, -0.2) is 9.97 Å². The van der Waals surface area contributed by atoms with Gasteiger partial charge in [0.1, 0.15) is 16.5 Å². The molecule has 113 valence electrons. The van der Waals surface area contributed by atoms with E-state index in [-0.39, 0.29) is 0 Å².